The standard InChI is InChI=1S/C30H38N4O2Si/c1-24-31-32-33-34(24)28(23-36-37(5,6)29(2,3)4)22-35-30(25-16-10-7-11-17-25,26-18-12-8-13-19-26)27-20-14-9-15-21-27/h7-21,28H,22-23H2,1-6H3. The van der Waals surface area contributed by atoms with Gasteiger partial charge in [0.2, 0.25) is 0 Å². The van der Waals surface area contributed by atoms with Gasteiger partial charge in [-0.3, -0.25) is 0 Å². The maximum absolute atomic E-state index is 7.10. The van der Waals surface area contributed by atoms with Crippen LogP contribution in [0.4, 0.5) is 0 Å². The molecule has 37 heavy (non-hydrogen) atoms. The molecule has 0 N–H and O–H groups in total. The van der Waals surface area contributed by atoms with E-state index in [2.05, 4.69) is 122 Å². The van der Waals surface area contributed by atoms with Crippen LogP contribution < -0.4 is 0 Å². The molecule has 0 fully saturated rings. The maximum Gasteiger partial charge on any atom is 0.192 e. The summed E-state index contributed by atoms with van der Waals surface area (Å²) >= 11 is 0. The Balaban J connectivity index is 1.77. The molecule has 0 radical (unpaired) electrons. The summed E-state index contributed by atoms with van der Waals surface area (Å²) in [5, 5.41) is 12.5. The first-order chi connectivity index (χ1) is 17.6. The van der Waals surface area contributed by atoms with Crippen LogP contribution in [0.3, 0.4) is 0 Å². The summed E-state index contributed by atoms with van der Waals surface area (Å²) in [5.41, 5.74) is 2.36. The number of aryl methyl sites for hydroxylation is 1. The zero-order valence-electron chi connectivity index (χ0n) is 22.8. The molecule has 4 aromatic rings. The number of rotatable bonds is 10. The van der Waals surface area contributed by atoms with Crippen molar-refractivity contribution in [3.63, 3.8) is 0 Å². The molecule has 3 aromatic carbocycles. The number of aromatic nitrogens is 4. The van der Waals surface area contributed by atoms with Crippen LogP contribution in [0, 0.1) is 6.92 Å². The lowest BCUT2D eigenvalue weighted by Crippen LogP contribution is -2.43. The first-order valence-electron chi connectivity index (χ1n) is 12.8. The van der Waals surface area contributed by atoms with Gasteiger partial charge < -0.3 is 9.16 Å². The Labute approximate surface area is 221 Å². The van der Waals surface area contributed by atoms with E-state index in [-0.39, 0.29) is 11.1 Å². The van der Waals surface area contributed by atoms with Crippen LogP contribution in [0.1, 0.15) is 49.3 Å². The van der Waals surface area contributed by atoms with Crippen molar-refractivity contribution in [1.82, 2.24) is 20.2 Å². The fourth-order valence-corrected chi connectivity index (χ4v) is 5.32. The minimum absolute atomic E-state index is 0.0932. The molecule has 6 nitrogen and oxygen atoms in total. The third-order valence-corrected chi connectivity index (χ3v) is 12.0. The molecule has 1 atom stereocenters. The highest BCUT2D eigenvalue weighted by atomic mass is 28.4. The molecule has 0 spiro atoms. The van der Waals surface area contributed by atoms with Crippen LogP contribution in [0.2, 0.25) is 18.1 Å². The van der Waals surface area contributed by atoms with Crippen molar-refractivity contribution in [1.29, 1.82) is 0 Å². The lowest BCUT2D eigenvalue weighted by molar-refractivity contribution is -0.0170. The third kappa shape index (κ3) is 5.74. The lowest BCUT2D eigenvalue weighted by Gasteiger charge is -2.39. The SMILES string of the molecule is Cc1nnnn1C(COC(c1ccccc1)(c1ccccc1)c1ccccc1)CO[Si](C)(C)C(C)(C)C. The van der Waals surface area contributed by atoms with Crippen LogP contribution in [-0.2, 0) is 14.8 Å². The highest BCUT2D eigenvalue weighted by Gasteiger charge is 2.40. The Morgan fingerprint density at radius 2 is 1.22 bits per heavy atom. The van der Waals surface area contributed by atoms with Gasteiger partial charge in [0.05, 0.1) is 13.2 Å². The van der Waals surface area contributed by atoms with E-state index >= 15 is 0 Å². The Morgan fingerprint density at radius 3 is 1.59 bits per heavy atom. The van der Waals surface area contributed by atoms with E-state index in [1.54, 1.807) is 0 Å². The number of ether oxygens (including phenoxy) is 1. The van der Waals surface area contributed by atoms with Gasteiger partial charge in [0.25, 0.3) is 0 Å². The number of hydrogen-bond donors (Lipinski definition) is 0. The van der Waals surface area contributed by atoms with E-state index in [9.17, 15) is 0 Å². The van der Waals surface area contributed by atoms with Gasteiger partial charge in [-0.25, -0.2) is 4.68 Å². The van der Waals surface area contributed by atoms with Crippen LogP contribution >= 0.6 is 0 Å². The molecular weight excluding hydrogens is 476 g/mol. The van der Waals surface area contributed by atoms with Gasteiger partial charge in [0, 0.05) is 0 Å². The molecule has 194 valence electrons. The van der Waals surface area contributed by atoms with E-state index in [4.69, 9.17) is 9.16 Å². The molecule has 1 heterocycles. The molecule has 0 aliphatic heterocycles. The van der Waals surface area contributed by atoms with Crippen molar-refractivity contribution >= 4 is 8.32 Å². The van der Waals surface area contributed by atoms with Crippen molar-refractivity contribution in [3.05, 3.63) is 114 Å². The van der Waals surface area contributed by atoms with Crippen LogP contribution in [0.15, 0.2) is 91.0 Å². The molecule has 0 saturated carbocycles. The summed E-state index contributed by atoms with van der Waals surface area (Å²) < 4.78 is 15.6. The average molecular weight is 515 g/mol. The normalized spacial score (nSPS) is 13.5. The molecule has 1 unspecified atom stereocenters. The molecule has 0 saturated heterocycles. The lowest BCUT2D eigenvalue weighted by atomic mass is 9.80. The summed E-state index contributed by atoms with van der Waals surface area (Å²) in [6.45, 7) is 14.0. The first-order valence-corrected chi connectivity index (χ1v) is 15.7. The fraction of sp³-hybridized carbons (Fsp3) is 0.367. The van der Waals surface area contributed by atoms with Crippen molar-refractivity contribution in [2.24, 2.45) is 0 Å². The van der Waals surface area contributed by atoms with Crippen molar-refractivity contribution in [2.45, 2.75) is 57.5 Å². The van der Waals surface area contributed by atoms with E-state index < -0.39 is 13.9 Å². The van der Waals surface area contributed by atoms with E-state index in [0.29, 0.717) is 13.2 Å². The van der Waals surface area contributed by atoms with Crippen LogP contribution in [-0.4, -0.2) is 41.7 Å². The summed E-state index contributed by atoms with van der Waals surface area (Å²) in [7, 11) is -2.00. The van der Waals surface area contributed by atoms with Gasteiger partial charge in [-0.2, -0.15) is 0 Å². The highest BCUT2D eigenvalue weighted by molar-refractivity contribution is 6.74. The van der Waals surface area contributed by atoms with Crippen molar-refractivity contribution < 1.29 is 9.16 Å². The first kappa shape index (κ1) is 26.9. The summed E-state index contributed by atoms with van der Waals surface area (Å²) in [4.78, 5) is 0. The van der Waals surface area contributed by atoms with Gasteiger partial charge in [-0.05, 0) is 52.2 Å². The average Bonchev–Trinajstić information content (AvgIpc) is 3.33. The van der Waals surface area contributed by atoms with Gasteiger partial charge >= 0.3 is 0 Å². The predicted octanol–water partition coefficient (Wildman–Crippen LogP) is 6.55. The second kappa shape index (κ2) is 11.1. The molecule has 7 heteroatoms. The summed E-state index contributed by atoms with van der Waals surface area (Å²) in [5.74, 6) is 0.733. The minimum Gasteiger partial charge on any atom is -0.415 e. The molecule has 0 aliphatic rings. The number of benzene rings is 3. The van der Waals surface area contributed by atoms with Gasteiger partial charge in [-0.15, -0.1) is 5.10 Å². The van der Waals surface area contributed by atoms with Crippen LogP contribution in [0.5, 0.6) is 0 Å². The van der Waals surface area contributed by atoms with E-state index in [0.717, 1.165) is 22.5 Å². The maximum atomic E-state index is 7.10. The zero-order chi connectivity index (χ0) is 26.5. The van der Waals surface area contributed by atoms with Gasteiger partial charge in [0.15, 0.2) is 8.32 Å². The molecule has 0 aliphatic carbocycles. The highest BCUT2D eigenvalue weighted by Crippen LogP contribution is 2.41. The third-order valence-electron chi connectivity index (χ3n) is 7.48. The molecule has 0 amide bonds. The van der Waals surface area contributed by atoms with Gasteiger partial charge in [-0.1, -0.05) is 112 Å². The molecule has 0 bridgehead atoms. The largest absolute Gasteiger partial charge is 0.415 e. The molecule has 4 rings (SSSR count). The Hall–Kier alpha value is -3.13. The molecule has 1 aromatic heterocycles. The van der Waals surface area contributed by atoms with Crippen molar-refractivity contribution in [2.75, 3.05) is 13.2 Å². The Morgan fingerprint density at radius 1 is 0.757 bits per heavy atom. The summed E-state index contributed by atoms with van der Waals surface area (Å²) in [6.07, 6.45) is 0. The monoisotopic (exact) mass is 514 g/mol. The molecular formula is C30H38N4O2Si. The Bertz CT molecular complexity index is 1160. The fourth-order valence-electron chi connectivity index (χ4n) is 4.28. The quantitative estimate of drug-likeness (QED) is 0.177. The smallest absolute Gasteiger partial charge is 0.192 e. The van der Waals surface area contributed by atoms with Crippen LogP contribution in [0.25, 0.3) is 0 Å². The topological polar surface area (TPSA) is 62.1 Å². The summed E-state index contributed by atoms with van der Waals surface area (Å²) in [6, 6.07) is 31.0. The second-order valence-electron chi connectivity index (χ2n) is 11.0. The number of hydrogen-bond acceptors (Lipinski definition) is 5. The minimum atomic E-state index is -2.00. The zero-order valence-corrected chi connectivity index (χ0v) is 23.8. The second-order valence-corrected chi connectivity index (χ2v) is 15.8. The van der Waals surface area contributed by atoms with Crippen molar-refractivity contribution in [3.8, 4) is 0 Å². The number of tetrazole rings is 1. The predicted molar refractivity (Wildman–Crippen MR) is 150 cm³/mol. The van der Waals surface area contributed by atoms with Gasteiger partial charge in [0.1, 0.15) is 17.5 Å². The van der Waals surface area contributed by atoms with E-state index in [1.165, 1.54) is 0 Å². The number of nitrogens with zero attached hydrogens (tertiary/aromatic N) is 4. The van der Waals surface area contributed by atoms with E-state index in [1.807, 2.05) is 29.8 Å². The Kier molecular flexibility index (Phi) is 8.07.